The van der Waals surface area contributed by atoms with Crippen molar-refractivity contribution >= 4 is 27.5 Å². The molecule has 1 aromatic carbocycles. The van der Waals surface area contributed by atoms with Gasteiger partial charge < -0.3 is 5.32 Å². The van der Waals surface area contributed by atoms with E-state index >= 15 is 0 Å². The summed E-state index contributed by atoms with van der Waals surface area (Å²) in [5, 5.41) is 4.76. The van der Waals surface area contributed by atoms with E-state index in [2.05, 4.69) is 17.4 Å². The maximum atomic E-state index is 12.9. The van der Waals surface area contributed by atoms with Gasteiger partial charge in [-0.05, 0) is 43.2 Å². The Labute approximate surface area is 173 Å². The molecule has 3 aromatic rings. The van der Waals surface area contributed by atoms with Gasteiger partial charge in [0.25, 0.3) is 5.56 Å². The van der Waals surface area contributed by atoms with Crippen LogP contribution in [-0.4, -0.2) is 21.1 Å². The zero-order valence-corrected chi connectivity index (χ0v) is 17.7. The van der Waals surface area contributed by atoms with Gasteiger partial charge in [-0.15, -0.1) is 11.3 Å². The van der Waals surface area contributed by atoms with E-state index in [0.29, 0.717) is 16.8 Å². The van der Waals surface area contributed by atoms with Crippen LogP contribution in [0.3, 0.4) is 0 Å². The maximum absolute atomic E-state index is 12.9. The largest absolute Gasteiger partial charge is 0.352 e. The van der Waals surface area contributed by atoms with Crippen LogP contribution in [0.25, 0.3) is 10.2 Å². The Morgan fingerprint density at radius 2 is 1.90 bits per heavy atom. The van der Waals surface area contributed by atoms with Gasteiger partial charge in [-0.2, -0.15) is 0 Å². The van der Waals surface area contributed by atoms with Crippen LogP contribution in [0.1, 0.15) is 38.7 Å². The number of hydrogen-bond donors (Lipinski definition) is 1. The van der Waals surface area contributed by atoms with E-state index in [1.54, 1.807) is 11.4 Å². The van der Waals surface area contributed by atoms with Gasteiger partial charge in [-0.3, -0.25) is 18.7 Å². The third-order valence-electron chi connectivity index (χ3n) is 4.99. The van der Waals surface area contributed by atoms with E-state index in [-0.39, 0.29) is 24.1 Å². The van der Waals surface area contributed by atoms with Crippen molar-refractivity contribution < 1.29 is 4.79 Å². The molecule has 7 heteroatoms. The van der Waals surface area contributed by atoms with E-state index < -0.39 is 5.69 Å². The summed E-state index contributed by atoms with van der Waals surface area (Å²) in [4.78, 5) is 38.1. The second-order valence-corrected chi connectivity index (χ2v) is 8.22. The number of carbonyl (C=O) groups is 1. The van der Waals surface area contributed by atoms with Gasteiger partial charge in [-0.1, -0.05) is 43.7 Å². The number of hydrogen-bond acceptors (Lipinski definition) is 4. The van der Waals surface area contributed by atoms with E-state index in [0.717, 1.165) is 25.7 Å². The molecule has 3 rings (SSSR count). The normalized spacial score (nSPS) is 12.2. The molecular formula is C22H27N3O3S. The summed E-state index contributed by atoms with van der Waals surface area (Å²) < 4.78 is 3.20. The molecule has 0 bridgehead atoms. The minimum absolute atomic E-state index is 0.0117. The number of carbonyl (C=O) groups excluding carboxylic acids is 1. The SMILES string of the molecule is CCCCn1c(=O)c2sccc2n(CC(=O)N[C@H](C)CCc2ccccc2)c1=O. The number of aryl methyl sites for hydroxylation is 1. The number of aromatic nitrogens is 2. The van der Waals surface area contributed by atoms with Crippen molar-refractivity contribution in [2.24, 2.45) is 0 Å². The fourth-order valence-electron chi connectivity index (χ4n) is 3.36. The number of unbranched alkanes of at least 4 members (excludes halogenated alkanes) is 1. The predicted molar refractivity (Wildman–Crippen MR) is 118 cm³/mol. The van der Waals surface area contributed by atoms with Crippen LogP contribution in [0.5, 0.6) is 0 Å². The molecule has 0 unspecified atom stereocenters. The summed E-state index contributed by atoms with van der Waals surface area (Å²) in [6.45, 7) is 4.26. The number of rotatable bonds is 9. The van der Waals surface area contributed by atoms with Crippen LogP contribution < -0.4 is 16.6 Å². The van der Waals surface area contributed by atoms with Crippen molar-refractivity contribution in [1.82, 2.24) is 14.5 Å². The van der Waals surface area contributed by atoms with E-state index in [1.165, 1.54) is 26.0 Å². The number of fused-ring (bicyclic) bond motifs is 1. The minimum atomic E-state index is -0.415. The highest BCUT2D eigenvalue weighted by Gasteiger charge is 2.17. The predicted octanol–water partition coefficient (Wildman–Crippen LogP) is 3.16. The summed E-state index contributed by atoms with van der Waals surface area (Å²) in [6.07, 6.45) is 3.32. The first-order chi connectivity index (χ1) is 14.0. The topological polar surface area (TPSA) is 73.1 Å². The Morgan fingerprint density at radius 3 is 2.62 bits per heavy atom. The standard InChI is InChI=1S/C22H27N3O3S/c1-3-4-13-24-21(27)20-18(12-14-29-20)25(22(24)28)15-19(26)23-16(2)10-11-17-8-6-5-7-9-17/h5-9,12,14,16H,3-4,10-11,13,15H2,1-2H3,(H,23,26)/t16-/m1/s1. The van der Waals surface area contributed by atoms with Gasteiger partial charge in [-0.25, -0.2) is 4.79 Å². The Morgan fingerprint density at radius 1 is 1.14 bits per heavy atom. The van der Waals surface area contributed by atoms with Gasteiger partial charge in [0, 0.05) is 12.6 Å². The van der Waals surface area contributed by atoms with Gasteiger partial charge >= 0.3 is 5.69 Å². The van der Waals surface area contributed by atoms with Crippen molar-refractivity contribution in [3.8, 4) is 0 Å². The zero-order valence-electron chi connectivity index (χ0n) is 16.9. The molecule has 1 N–H and O–H groups in total. The lowest BCUT2D eigenvalue weighted by atomic mass is 10.1. The number of nitrogens with zero attached hydrogens (tertiary/aromatic N) is 2. The number of nitrogens with one attached hydrogen (secondary N) is 1. The highest BCUT2D eigenvalue weighted by atomic mass is 32.1. The van der Waals surface area contributed by atoms with Crippen LogP contribution in [0.15, 0.2) is 51.4 Å². The average Bonchev–Trinajstić information content (AvgIpc) is 3.20. The molecule has 0 aliphatic carbocycles. The zero-order chi connectivity index (χ0) is 20.8. The first-order valence-electron chi connectivity index (χ1n) is 10.1. The molecule has 1 atom stereocenters. The maximum Gasteiger partial charge on any atom is 0.332 e. The molecule has 0 radical (unpaired) electrons. The number of thiophene rings is 1. The second kappa shape index (κ2) is 9.69. The van der Waals surface area contributed by atoms with Gasteiger partial charge in [0.15, 0.2) is 0 Å². The van der Waals surface area contributed by atoms with E-state index in [4.69, 9.17) is 0 Å². The monoisotopic (exact) mass is 413 g/mol. The average molecular weight is 414 g/mol. The van der Waals surface area contributed by atoms with E-state index in [9.17, 15) is 14.4 Å². The molecule has 0 spiro atoms. The molecule has 0 saturated carbocycles. The van der Waals surface area contributed by atoms with Crippen LogP contribution in [0.4, 0.5) is 0 Å². The molecule has 0 saturated heterocycles. The van der Waals surface area contributed by atoms with Crippen molar-refractivity contribution in [2.45, 2.75) is 58.7 Å². The van der Waals surface area contributed by atoms with Crippen molar-refractivity contribution in [3.05, 3.63) is 68.2 Å². The smallest absolute Gasteiger partial charge is 0.332 e. The number of amides is 1. The Kier molecular flexibility index (Phi) is 7.04. The Balaban J connectivity index is 1.73. The fraction of sp³-hybridized carbons (Fsp3) is 0.409. The molecule has 2 aromatic heterocycles. The van der Waals surface area contributed by atoms with Crippen LogP contribution in [0, 0.1) is 0 Å². The highest BCUT2D eigenvalue weighted by molar-refractivity contribution is 7.17. The third-order valence-corrected chi connectivity index (χ3v) is 5.88. The number of benzene rings is 1. The first-order valence-corrected chi connectivity index (χ1v) is 10.9. The fourth-order valence-corrected chi connectivity index (χ4v) is 4.21. The van der Waals surface area contributed by atoms with Crippen molar-refractivity contribution in [1.29, 1.82) is 0 Å². The molecule has 2 heterocycles. The van der Waals surface area contributed by atoms with Crippen molar-refractivity contribution in [3.63, 3.8) is 0 Å². The molecule has 154 valence electrons. The Bertz CT molecular complexity index is 1080. The molecule has 0 fully saturated rings. The van der Waals surface area contributed by atoms with Crippen LogP contribution in [0.2, 0.25) is 0 Å². The van der Waals surface area contributed by atoms with Crippen LogP contribution >= 0.6 is 11.3 Å². The second-order valence-electron chi connectivity index (χ2n) is 7.31. The van der Waals surface area contributed by atoms with Crippen LogP contribution in [-0.2, 0) is 24.3 Å². The molecule has 29 heavy (non-hydrogen) atoms. The molecule has 1 amide bonds. The third kappa shape index (κ3) is 5.03. The summed E-state index contributed by atoms with van der Waals surface area (Å²) >= 11 is 1.31. The Hall–Kier alpha value is -2.67. The summed E-state index contributed by atoms with van der Waals surface area (Å²) in [7, 11) is 0. The summed E-state index contributed by atoms with van der Waals surface area (Å²) in [5.41, 5.74) is 1.08. The lowest BCUT2D eigenvalue weighted by molar-refractivity contribution is -0.122. The summed E-state index contributed by atoms with van der Waals surface area (Å²) in [5.74, 6) is -0.221. The quantitative estimate of drug-likeness (QED) is 0.586. The molecule has 0 aliphatic heterocycles. The van der Waals surface area contributed by atoms with Crippen molar-refractivity contribution in [2.75, 3.05) is 0 Å². The minimum Gasteiger partial charge on any atom is -0.352 e. The van der Waals surface area contributed by atoms with E-state index in [1.807, 2.05) is 32.0 Å². The van der Waals surface area contributed by atoms with Gasteiger partial charge in [0.1, 0.15) is 11.2 Å². The molecule has 0 aliphatic rings. The lowest BCUT2D eigenvalue weighted by Gasteiger charge is -2.16. The molecule has 6 nitrogen and oxygen atoms in total. The van der Waals surface area contributed by atoms with Gasteiger partial charge in [0.2, 0.25) is 5.91 Å². The first kappa shape index (κ1) is 21.0. The van der Waals surface area contributed by atoms with Gasteiger partial charge in [0.05, 0.1) is 5.52 Å². The molecular weight excluding hydrogens is 386 g/mol. The summed E-state index contributed by atoms with van der Waals surface area (Å²) in [6, 6.07) is 11.9. The highest BCUT2D eigenvalue weighted by Crippen LogP contribution is 2.15. The lowest BCUT2D eigenvalue weighted by Crippen LogP contribution is -2.43.